The van der Waals surface area contributed by atoms with Gasteiger partial charge in [-0.05, 0) is 11.6 Å². The first kappa shape index (κ1) is 10.6. The maximum atomic E-state index is 11.0. The third-order valence-electron chi connectivity index (χ3n) is 1.72. The molecule has 0 fully saturated rings. The van der Waals surface area contributed by atoms with Gasteiger partial charge in [0.15, 0.2) is 0 Å². The molecule has 1 amide bonds. The highest BCUT2D eigenvalue weighted by Gasteiger charge is 2.16. The van der Waals surface area contributed by atoms with Gasteiger partial charge in [-0.2, -0.15) is 0 Å². The van der Waals surface area contributed by atoms with E-state index < -0.39 is 5.91 Å². The first-order valence-electron chi connectivity index (χ1n) is 3.94. The van der Waals surface area contributed by atoms with Crippen molar-refractivity contribution in [1.82, 2.24) is 0 Å². The number of amides is 1. The van der Waals surface area contributed by atoms with Crippen molar-refractivity contribution in [2.24, 2.45) is 11.5 Å². The number of primary amides is 1. The van der Waals surface area contributed by atoms with E-state index in [4.69, 9.17) is 29.1 Å². The van der Waals surface area contributed by atoms with Gasteiger partial charge in [0.1, 0.15) is 0 Å². The van der Waals surface area contributed by atoms with Gasteiger partial charge in [0.05, 0.1) is 12.3 Å². The Morgan fingerprint density at radius 3 is 2.71 bits per heavy atom. The summed E-state index contributed by atoms with van der Waals surface area (Å²) in [5.41, 5.74) is 11.2. The van der Waals surface area contributed by atoms with Gasteiger partial charge in [0.25, 0.3) is 0 Å². The fourth-order valence-electron chi connectivity index (χ4n) is 1.14. The molecular weight excluding hydrogens is 198 g/mol. The van der Waals surface area contributed by atoms with Crippen LogP contribution in [0, 0.1) is 11.8 Å². The van der Waals surface area contributed by atoms with Gasteiger partial charge in [0, 0.05) is 16.9 Å². The van der Waals surface area contributed by atoms with Gasteiger partial charge in [0.2, 0.25) is 5.91 Å². The summed E-state index contributed by atoms with van der Waals surface area (Å²) in [6.45, 7) is 0. The average Bonchev–Trinajstić information content (AvgIpc) is 2.07. The summed E-state index contributed by atoms with van der Waals surface area (Å²) in [6.07, 6.45) is 5.25. The highest BCUT2D eigenvalue weighted by atomic mass is 32.1. The smallest absolute Gasteiger partial charge is 0.249 e. The Bertz CT molecular complexity index is 368. The van der Waals surface area contributed by atoms with E-state index in [2.05, 4.69) is 0 Å². The predicted octanol–water partition coefficient (Wildman–Crippen LogP) is 0.238. The van der Waals surface area contributed by atoms with Crippen LogP contribution in [0.5, 0.6) is 0 Å². The molecule has 1 aliphatic carbocycles. The minimum absolute atomic E-state index is 0.115. The number of carbonyl (C=O) groups is 1. The van der Waals surface area contributed by atoms with E-state index in [-0.39, 0.29) is 5.84 Å². The average molecular weight is 208 g/mol. The molecule has 0 aromatic heterocycles. The second-order valence-electron chi connectivity index (χ2n) is 2.85. The number of hydrogen-bond donors (Lipinski definition) is 3. The number of nitrogens with two attached hydrogens (primary N) is 2. The largest absolute Gasteiger partial charge is 0.387 e. The molecule has 14 heavy (non-hydrogen) atoms. The van der Waals surface area contributed by atoms with Gasteiger partial charge in [-0.3, -0.25) is 10.2 Å². The summed E-state index contributed by atoms with van der Waals surface area (Å²) in [7, 11) is 0. The van der Waals surface area contributed by atoms with Gasteiger partial charge >= 0.3 is 0 Å². The monoisotopic (exact) mass is 208 g/mol. The molecule has 0 aromatic carbocycles. The summed E-state index contributed by atoms with van der Waals surface area (Å²) >= 11 is 4.94. The van der Waals surface area contributed by atoms with Gasteiger partial charge in [-0.1, -0.05) is 18.3 Å². The second-order valence-corrected chi connectivity index (χ2v) is 3.38. The molecule has 1 aliphatic rings. The number of nitrogens with one attached hydrogen (secondary N) is 1. The molecule has 0 heterocycles. The molecule has 0 aromatic rings. The van der Waals surface area contributed by atoms with Crippen molar-refractivity contribution in [2.45, 2.75) is 6.42 Å². The summed E-state index contributed by atoms with van der Waals surface area (Å²) < 4.78 is 0. The van der Waals surface area contributed by atoms with Crippen molar-refractivity contribution in [3.8, 4) is 0 Å². The number of hydrogen-bond acceptors (Lipinski definition) is 3. The molecule has 0 bridgehead atoms. The lowest BCUT2D eigenvalue weighted by atomic mass is 9.94. The molecule has 1 rings (SSSR count). The van der Waals surface area contributed by atoms with E-state index >= 15 is 0 Å². The summed E-state index contributed by atoms with van der Waals surface area (Å²) in [5.74, 6) is -0.674. The predicted molar refractivity (Wildman–Crippen MR) is 58.8 cm³/mol. The molecule has 0 aliphatic heterocycles. The molecule has 5 heteroatoms. The van der Waals surface area contributed by atoms with E-state index in [1.54, 1.807) is 12.2 Å². The highest BCUT2D eigenvalue weighted by Crippen LogP contribution is 2.19. The van der Waals surface area contributed by atoms with Crippen LogP contribution >= 0.6 is 12.2 Å². The zero-order chi connectivity index (χ0) is 10.7. The molecule has 0 unspecified atom stereocenters. The van der Waals surface area contributed by atoms with Crippen molar-refractivity contribution in [2.75, 3.05) is 0 Å². The summed E-state index contributed by atoms with van der Waals surface area (Å²) in [5, 5.41) is 7.08. The van der Waals surface area contributed by atoms with Crippen LogP contribution in [0.3, 0.4) is 0 Å². The van der Waals surface area contributed by atoms with Crippen molar-refractivity contribution >= 4 is 28.8 Å². The number of thiocarbonyl (C=S) groups is 1. The number of amidine groups is 1. The maximum absolute atomic E-state index is 11.0. The Kier molecular flexibility index (Phi) is 3.14. The van der Waals surface area contributed by atoms with Gasteiger partial charge in [-0.25, -0.2) is 0 Å². The van der Waals surface area contributed by atoms with E-state index in [1.165, 1.54) is 6.42 Å². The summed E-state index contributed by atoms with van der Waals surface area (Å²) in [4.78, 5) is 11.7. The zero-order valence-corrected chi connectivity index (χ0v) is 8.23. The molecular formula is C9H10N3OS. The number of carbonyl (C=O) groups excluding carboxylic acids is 1. The lowest BCUT2D eigenvalue weighted by Crippen LogP contribution is -2.22. The first-order chi connectivity index (χ1) is 6.50. The summed E-state index contributed by atoms with van der Waals surface area (Å²) in [6, 6.07) is 0. The van der Waals surface area contributed by atoms with E-state index in [1.807, 2.05) is 0 Å². The Morgan fingerprint density at radius 2 is 2.21 bits per heavy atom. The van der Waals surface area contributed by atoms with Crippen LogP contribution in [-0.4, -0.2) is 16.6 Å². The fraction of sp³-hybridized carbons (Fsp3) is 0.111. The third-order valence-corrected chi connectivity index (χ3v) is 2.00. The Morgan fingerprint density at radius 1 is 1.57 bits per heavy atom. The van der Waals surface area contributed by atoms with Crippen LogP contribution < -0.4 is 11.5 Å². The van der Waals surface area contributed by atoms with Crippen LogP contribution in [0.2, 0.25) is 0 Å². The van der Waals surface area contributed by atoms with Crippen LogP contribution in [0.1, 0.15) is 6.42 Å². The van der Waals surface area contributed by atoms with Gasteiger partial charge in [-0.15, -0.1) is 0 Å². The Hall–Kier alpha value is -1.49. The lowest BCUT2D eigenvalue weighted by molar-refractivity contribution is -0.114. The molecule has 73 valence electrons. The molecule has 0 spiro atoms. The van der Waals surface area contributed by atoms with Crippen molar-refractivity contribution < 1.29 is 4.79 Å². The van der Waals surface area contributed by atoms with Crippen molar-refractivity contribution in [3.05, 3.63) is 29.7 Å². The minimum atomic E-state index is -0.559. The molecule has 5 N–H and O–H groups in total. The van der Waals surface area contributed by atoms with Crippen LogP contribution in [0.15, 0.2) is 23.3 Å². The van der Waals surface area contributed by atoms with Crippen molar-refractivity contribution in [3.63, 3.8) is 0 Å². The molecule has 0 atom stereocenters. The van der Waals surface area contributed by atoms with E-state index in [0.29, 0.717) is 22.4 Å². The molecule has 0 saturated heterocycles. The topological polar surface area (TPSA) is 93.0 Å². The minimum Gasteiger partial charge on any atom is -0.387 e. The standard InChI is InChI=1S/C9H10N3OS/c10-8(11)3-5-1-2-6(14)4-7(5)9(12)13/h1,3-4H,2H2,(H3,10,11)(H2,12,13). The first-order valence-corrected chi connectivity index (χ1v) is 4.35. The van der Waals surface area contributed by atoms with E-state index in [0.717, 1.165) is 0 Å². The van der Waals surface area contributed by atoms with Crippen LogP contribution in [0.4, 0.5) is 0 Å². The van der Waals surface area contributed by atoms with Crippen molar-refractivity contribution in [1.29, 1.82) is 5.41 Å². The Labute approximate surface area is 87.2 Å². The quantitative estimate of drug-likeness (QED) is 0.352. The number of allylic oxidation sites excluding steroid dienone is 2. The second kappa shape index (κ2) is 4.15. The molecule has 4 nitrogen and oxygen atoms in total. The highest BCUT2D eigenvalue weighted by molar-refractivity contribution is 7.80. The Balaban J connectivity index is 2.94. The van der Waals surface area contributed by atoms with Gasteiger partial charge < -0.3 is 11.5 Å². The van der Waals surface area contributed by atoms with E-state index in [9.17, 15) is 4.79 Å². The fourth-order valence-corrected chi connectivity index (χ4v) is 1.34. The molecule has 0 saturated carbocycles. The molecule has 1 radical (unpaired) electrons. The van der Waals surface area contributed by atoms with Crippen LogP contribution in [-0.2, 0) is 4.79 Å². The maximum Gasteiger partial charge on any atom is 0.249 e. The lowest BCUT2D eigenvalue weighted by Gasteiger charge is -2.12. The number of rotatable bonds is 3. The van der Waals surface area contributed by atoms with Crippen LogP contribution in [0.25, 0.3) is 0 Å². The normalized spacial score (nSPS) is 15.9. The zero-order valence-electron chi connectivity index (χ0n) is 7.41. The third kappa shape index (κ3) is 2.50. The SMILES string of the molecule is N=C(N)[CH]C1=CCC(=S)C=C1C(N)=O.